The highest BCUT2D eigenvalue weighted by Gasteiger charge is 2.28. The molecule has 0 aliphatic carbocycles. The molecule has 1 aliphatic rings. The van der Waals surface area contributed by atoms with Crippen molar-refractivity contribution >= 4 is 22.4 Å². The number of carbonyl (C=O) groups is 1. The quantitative estimate of drug-likeness (QED) is 0.711. The third kappa shape index (κ3) is 2.51. The van der Waals surface area contributed by atoms with Crippen LogP contribution in [0, 0.1) is 5.92 Å². The van der Waals surface area contributed by atoms with Crippen molar-refractivity contribution in [3.05, 3.63) is 11.1 Å². The van der Waals surface area contributed by atoms with Crippen molar-refractivity contribution in [1.82, 2.24) is 15.6 Å². The van der Waals surface area contributed by atoms with Crippen LogP contribution in [0.3, 0.4) is 0 Å². The zero-order valence-electron chi connectivity index (χ0n) is 9.19. The zero-order chi connectivity index (χ0) is 11.5. The molecule has 16 heavy (non-hydrogen) atoms. The lowest BCUT2D eigenvalue weighted by Crippen LogP contribution is -2.52. The minimum absolute atomic E-state index is 0.0937. The second-order valence-electron chi connectivity index (χ2n) is 4.08. The van der Waals surface area contributed by atoms with Crippen LogP contribution in [-0.2, 0) is 11.3 Å². The number of piperidine rings is 1. The molecule has 1 aromatic rings. The molecule has 1 fully saturated rings. The highest BCUT2D eigenvalue weighted by molar-refractivity contribution is 7.15. The van der Waals surface area contributed by atoms with Gasteiger partial charge in [-0.1, -0.05) is 6.92 Å². The van der Waals surface area contributed by atoms with Crippen LogP contribution >= 0.6 is 11.3 Å². The molecule has 0 bridgehead atoms. The van der Waals surface area contributed by atoms with Gasteiger partial charge in [0.1, 0.15) is 0 Å². The summed E-state index contributed by atoms with van der Waals surface area (Å²) in [5.41, 5.74) is 5.54. The fraction of sp³-hybridized carbons (Fsp3) is 0.600. The van der Waals surface area contributed by atoms with Crippen molar-refractivity contribution in [2.45, 2.75) is 25.9 Å². The summed E-state index contributed by atoms with van der Waals surface area (Å²) in [7, 11) is 0. The number of rotatable bonds is 3. The molecule has 4 N–H and O–H groups in total. The predicted molar refractivity (Wildman–Crippen MR) is 63.9 cm³/mol. The molecule has 2 unspecified atom stereocenters. The molecule has 0 saturated carbocycles. The molecule has 2 atom stereocenters. The first-order valence-electron chi connectivity index (χ1n) is 5.38. The molecular formula is C10H16N4OS. The van der Waals surface area contributed by atoms with Gasteiger partial charge in [0.25, 0.3) is 0 Å². The number of nitrogens with zero attached hydrogens (tertiary/aromatic N) is 1. The number of nitrogen functional groups attached to an aromatic ring is 1. The third-order valence-corrected chi connectivity index (χ3v) is 3.64. The predicted octanol–water partition coefficient (Wildman–Crippen LogP) is 0.339. The lowest BCUT2D eigenvalue weighted by Gasteiger charge is -2.28. The van der Waals surface area contributed by atoms with Gasteiger partial charge in [0.15, 0.2) is 5.13 Å². The van der Waals surface area contributed by atoms with Crippen LogP contribution in [0.5, 0.6) is 0 Å². The zero-order valence-corrected chi connectivity index (χ0v) is 10.0. The van der Waals surface area contributed by atoms with Crippen molar-refractivity contribution in [3.8, 4) is 0 Å². The second-order valence-corrected chi connectivity index (χ2v) is 5.23. The van der Waals surface area contributed by atoms with Gasteiger partial charge in [-0.3, -0.25) is 4.79 Å². The fourth-order valence-corrected chi connectivity index (χ4v) is 2.50. The maximum atomic E-state index is 11.6. The van der Waals surface area contributed by atoms with Crippen LogP contribution in [0.2, 0.25) is 0 Å². The highest BCUT2D eigenvalue weighted by Crippen LogP contribution is 2.16. The first-order valence-corrected chi connectivity index (χ1v) is 6.19. The van der Waals surface area contributed by atoms with Gasteiger partial charge in [0.2, 0.25) is 5.91 Å². The Hall–Kier alpha value is -1.14. The normalized spacial score (nSPS) is 25.4. The Morgan fingerprint density at radius 3 is 3.19 bits per heavy atom. The van der Waals surface area contributed by atoms with Crippen LogP contribution in [0.15, 0.2) is 6.20 Å². The molecule has 0 spiro atoms. The topological polar surface area (TPSA) is 80.0 Å². The fourth-order valence-electron chi connectivity index (χ4n) is 1.87. The van der Waals surface area contributed by atoms with E-state index in [1.165, 1.54) is 11.3 Å². The molecule has 88 valence electrons. The van der Waals surface area contributed by atoms with Crippen LogP contribution in [0.4, 0.5) is 5.13 Å². The van der Waals surface area contributed by atoms with Gasteiger partial charge < -0.3 is 16.4 Å². The minimum Gasteiger partial charge on any atom is -0.375 e. The van der Waals surface area contributed by atoms with Crippen LogP contribution in [0.25, 0.3) is 0 Å². The van der Waals surface area contributed by atoms with E-state index in [4.69, 9.17) is 5.73 Å². The number of amides is 1. The van der Waals surface area contributed by atoms with Crippen LogP contribution in [-0.4, -0.2) is 23.5 Å². The average Bonchev–Trinajstić information content (AvgIpc) is 2.63. The summed E-state index contributed by atoms with van der Waals surface area (Å²) in [6, 6.07) is -0.0999. The minimum atomic E-state index is -0.0999. The van der Waals surface area contributed by atoms with Crippen molar-refractivity contribution in [3.63, 3.8) is 0 Å². The summed E-state index contributed by atoms with van der Waals surface area (Å²) in [6.07, 6.45) is 2.77. The summed E-state index contributed by atoms with van der Waals surface area (Å²) < 4.78 is 0. The van der Waals surface area contributed by atoms with Gasteiger partial charge >= 0.3 is 0 Å². The molecule has 6 heteroatoms. The van der Waals surface area contributed by atoms with Gasteiger partial charge in [-0.05, 0) is 12.3 Å². The molecule has 1 aromatic heterocycles. The van der Waals surface area contributed by atoms with Crippen LogP contribution in [0.1, 0.15) is 18.2 Å². The molecule has 5 nitrogen and oxygen atoms in total. The number of nitrogens with one attached hydrogen (secondary N) is 2. The van der Waals surface area contributed by atoms with Gasteiger partial charge in [-0.25, -0.2) is 4.98 Å². The molecule has 0 aromatic carbocycles. The molecule has 2 heterocycles. The van der Waals surface area contributed by atoms with Crippen molar-refractivity contribution in [2.24, 2.45) is 5.92 Å². The van der Waals surface area contributed by atoms with Gasteiger partial charge in [-0.2, -0.15) is 0 Å². The summed E-state index contributed by atoms with van der Waals surface area (Å²) in [4.78, 5) is 16.7. The standard InChI is InChI=1S/C10H16N4OS/c1-6-2-3-12-9(15)8(6)13-4-7-5-14-10(11)16-7/h5-6,8,13H,2-4H2,1H3,(H2,11,14)(H,12,15). The smallest absolute Gasteiger partial charge is 0.237 e. The highest BCUT2D eigenvalue weighted by atomic mass is 32.1. The van der Waals surface area contributed by atoms with E-state index in [1.54, 1.807) is 6.20 Å². The van der Waals surface area contributed by atoms with E-state index in [0.29, 0.717) is 17.6 Å². The first kappa shape index (κ1) is 11.3. The second kappa shape index (κ2) is 4.80. The largest absolute Gasteiger partial charge is 0.375 e. The molecule has 1 amide bonds. The van der Waals surface area contributed by atoms with E-state index in [9.17, 15) is 4.79 Å². The number of thiazole rings is 1. The van der Waals surface area contributed by atoms with E-state index < -0.39 is 0 Å². The Morgan fingerprint density at radius 2 is 2.56 bits per heavy atom. The Morgan fingerprint density at radius 1 is 1.75 bits per heavy atom. The number of hydrogen-bond acceptors (Lipinski definition) is 5. The summed E-state index contributed by atoms with van der Waals surface area (Å²) in [5.74, 6) is 0.468. The van der Waals surface area contributed by atoms with E-state index in [2.05, 4.69) is 22.5 Å². The lowest BCUT2D eigenvalue weighted by atomic mass is 9.94. The van der Waals surface area contributed by atoms with E-state index in [1.807, 2.05) is 0 Å². The Bertz CT molecular complexity index is 379. The molecule has 0 radical (unpaired) electrons. The van der Waals surface area contributed by atoms with Crippen molar-refractivity contribution < 1.29 is 4.79 Å². The average molecular weight is 240 g/mol. The third-order valence-electron chi connectivity index (χ3n) is 2.82. The van der Waals surface area contributed by atoms with Gasteiger partial charge in [-0.15, -0.1) is 11.3 Å². The molecule has 1 aliphatic heterocycles. The first-order chi connectivity index (χ1) is 7.66. The van der Waals surface area contributed by atoms with Gasteiger partial charge in [0.05, 0.1) is 6.04 Å². The Labute approximate surface area is 98.4 Å². The summed E-state index contributed by atoms with van der Waals surface area (Å²) in [6.45, 7) is 3.53. The maximum absolute atomic E-state index is 11.6. The number of nitrogens with two attached hydrogens (primary N) is 1. The lowest BCUT2D eigenvalue weighted by molar-refractivity contribution is -0.126. The Balaban J connectivity index is 1.91. The molecular weight excluding hydrogens is 224 g/mol. The van der Waals surface area contributed by atoms with Gasteiger partial charge in [0, 0.05) is 24.2 Å². The SMILES string of the molecule is CC1CCNC(=O)C1NCc1cnc(N)s1. The maximum Gasteiger partial charge on any atom is 0.237 e. The van der Waals surface area contributed by atoms with Crippen LogP contribution < -0.4 is 16.4 Å². The molecule has 2 rings (SSSR count). The molecule has 1 saturated heterocycles. The van der Waals surface area contributed by atoms with E-state index >= 15 is 0 Å². The monoisotopic (exact) mass is 240 g/mol. The Kier molecular flexibility index (Phi) is 3.40. The number of hydrogen-bond donors (Lipinski definition) is 3. The number of aromatic nitrogens is 1. The van der Waals surface area contributed by atoms with Crippen molar-refractivity contribution in [1.29, 1.82) is 0 Å². The summed E-state index contributed by atoms with van der Waals surface area (Å²) in [5, 5.41) is 6.69. The van der Waals surface area contributed by atoms with Crippen molar-refractivity contribution in [2.75, 3.05) is 12.3 Å². The number of carbonyl (C=O) groups excluding carboxylic acids is 1. The van der Waals surface area contributed by atoms with E-state index in [-0.39, 0.29) is 11.9 Å². The number of anilines is 1. The summed E-state index contributed by atoms with van der Waals surface area (Å²) >= 11 is 1.45. The van der Waals surface area contributed by atoms with E-state index in [0.717, 1.165) is 17.8 Å².